The van der Waals surface area contributed by atoms with Gasteiger partial charge in [-0.15, -0.1) is 0 Å². The van der Waals surface area contributed by atoms with Gasteiger partial charge < -0.3 is 19.3 Å². The Hall–Kier alpha value is -2.34. The molecule has 6 heteroatoms. The molecule has 0 aliphatic carbocycles. The molecule has 1 aliphatic heterocycles. The molecule has 1 N–H and O–H groups in total. The smallest absolute Gasteiger partial charge is 0.337 e. The Kier molecular flexibility index (Phi) is 5.76. The molecule has 2 rings (SSSR count). The Morgan fingerprint density at radius 3 is 2.69 bits per heavy atom. The monoisotopic (exact) mass is 362 g/mol. The summed E-state index contributed by atoms with van der Waals surface area (Å²) < 4.78 is 16.4. The van der Waals surface area contributed by atoms with E-state index in [2.05, 4.69) is 0 Å². The predicted molar refractivity (Wildman–Crippen MR) is 96.1 cm³/mol. The molecule has 142 valence electrons. The minimum Gasteiger partial charge on any atom is -0.483 e. The number of hydrogen-bond donors (Lipinski definition) is 1. The van der Waals surface area contributed by atoms with E-state index in [0.29, 0.717) is 24.2 Å². The van der Waals surface area contributed by atoms with Crippen molar-refractivity contribution in [2.24, 2.45) is 0 Å². The normalized spacial score (nSPS) is 22.5. The SMILES string of the molecule is COC(=O)c1ccc2c(c1)C[C@@H](OC(C)=O)[C@@](C)(C/C=C/C(C)(C)O)O2. The van der Waals surface area contributed by atoms with Crippen LogP contribution in [0.5, 0.6) is 5.75 Å². The first-order valence-electron chi connectivity index (χ1n) is 8.51. The van der Waals surface area contributed by atoms with E-state index in [1.54, 1.807) is 38.1 Å². The van der Waals surface area contributed by atoms with Gasteiger partial charge in [-0.2, -0.15) is 0 Å². The first-order valence-corrected chi connectivity index (χ1v) is 8.51. The van der Waals surface area contributed by atoms with Gasteiger partial charge in [0.25, 0.3) is 0 Å². The van der Waals surface area contributed by atoms with Crippen molar-refractivity contribution in [3.63, 3.8) is 0 Å². The molecular formula is C20H26O6. The van der Waals surface area contributed by atoms with E-state index in [1.807, 2.05) is 13.0 Å². The summed E-state index contributed by atoms with van der Waals surface area (Å²) in [7, 11) is 1.33. The molecule has 0 aromatic heterocycles. The molecule has 0 bridgehead atoms. The highest BCUT2D eigenvalue weighted by atomic mass is 16.6. The van der Waals surface area contributed by atoms with Crippen molar-refractivity contribution >= 4 is 11.9 Å². The van der Waals surface area contributed by atoms with Crippen molar-refractivity contribution in [1.82, 2.24) is 0 Å². The zero-order valence-electron chi connectivity index (χ0n) is 15.9. The van der Waals surface area contributed by atoms with E-state index in [4.69, 9.17) is 14.2 Å². The molecule has 2 atom stereocenters. The van der Waals surface area contributed by atoms with E-state index < -0.39 is 29.2 Å². The number of ether oxygens (including phenoxy) is 3. The van der Waals surface area contributed by atoms with Gasteiger partial charge >= 0.3 is 11.9 Å². The lowest BCUT2D eigenvalue weighted by molar-refractivity contribution is -0.159. The number of methoxy groups -OCH3 is 1. The quantitative estimate of drug-likeness (QED) is 0.641. The third-order valence-electron chi connectivity index (χ3n) is 4.27. The van der Waals surface area contributed by atoms with Crippen molar-refractivity contribution in [3.05, 3.63) is 41.5 Å². The van der Waals surface area contributed by atoms with Crippen LogP contribution in [0.4, 0.5) is 0 Å². The van der Waals surface area contributed by atoms with Crippen molar-refractivity contribution in [1.29, 1.82) is 0 Å². The Bertz CT molecular complexity index is 716. The van der Waals surface area contributed by atoms with Crippen LogP contribution in [0.2, 0.25) is 0 Å². The van der Waals surface area contributed by atoms with Crippen LogP contribution < -0.4 is 4.74 Å². The number of carbonyl (C=O) groups excluding carboxylic acids is 2. The third kappa shape index (κ3) is 4.85. The highest BCUT2D eigenvalue weighted by Crippen LogP contribution is 2.38. The first-order chi connectivity index (χ1) is 12.0. The molecule has 0 fully saturated rings. The molecule has 1 aromatic carbocycles. The molecule has 0 spiro atoms. The number of hydrogen-bond acceptors (Lipinski definition) is 6. The van der Waals surface area contributed by atoms with E-state index >= 15 is 0 Å². The molecule has 1 heterocycles. The van der Waals surface area contributed by atoms with Crippen LogP contribution in [0, 0.1) is 0 Å². The number of carbonyl (C=O) groups is 2. The lowest BCUT2D eigenvalue weighted by Gasteiger charge is -2.41. The largest absolute Gasteiger partial charge is 0.483 e. The number of rotatable bonds is 5. The van der Waals surface area contributed by atoms with Crippen LogP contribution in [0.25, 0.3) is 0 Å². The Morgan fingerprint density at radius 1 is 1.42 bits per heavy atom. The average molecular weight is 362 g/mol. The standard InChI is InChI=1S/C20H26O6/c1-13(21)25-17-12-15-11-14(18(22)24-5)7-8-16(15)26-20(17,4)10-6-9-19(2,3)23/h6-9,11,17,23H,10,12H2,1-5H3/b9-6+/t17-,20-/m1/s1. The second kappa shape index (κ2) is 7.50. The highest BCUT2D eigenvalue weighted by Gasteiger charge is 2.42. The average Bonchev–Trinajstić information content (AvgIpc) is 2.52. The summed E-state index contributed by atoms with van der Waals surface area (Å²) >= 11 is 0. The van der Waals surface area contributed by atoms with Crippen LogP contribution in [0.1, 0.15) is 50.0 Å². The van der Waals surface area contributed by atoms with E-state index in [1.165, 1.54) is 14.0 Å². The molecule has 0 unspecified atom stereocenters. The van der Waals surface area contributed by atoms with Crippen LogP contribution in [-0.4, -0.2) is 41.5 Å². The van der Waals surface area contributed by atoms with E-state index in [-0.39, 0.29) is 0 Å². The van der Waals surface area contributed by atoms with Gasteiger partial charge in [0.05, 0.1) is 18.3 Å². The molecule has 1 aromatic rings. The maximum absolute atomic E-state index is 11.7. The zero-order valence-corrected chi connectivity index (χ0v) is 15.9. The second-order valence-corrected chi connectivity index (χ2v) is 7.29. The molecule has 1 aliphatic rings. The zero-order chi connectivity index (χ0) is 19.5. The van der Waals surface area contributed by atoms with Gasteiger partial charge in [-0.05, 0) is 44.5 Å². The maximum atomic E-state index is 11.7. The Balaban J connectivity index is 2.32. The fraction of sp³-hybridized carbons (Fsp3) is 0.500. The Labute approximate surface area is 153 Å². The lowest BCUT2D eigenvalue weighted by Crippen LogP contribution is -2.50. The summed E-state index contributed by atoms with van der Waals surface area (Å²) in [5.74, 6) is -0.192. The summed E-state index contributed by atoms with van der Waals surface area (Å²) in [6.07, 6.45) is 3.86. The van der Waals surface area contributed by atoms with Crippen molar-refractivity contribution in [3.8, 4) is 5.75 Å². The van der Waals surface area contributed by atoms with Crippen LogP contribution in [-0.2, 0) is 20.7 Å². The molecule has 0 amide bonds. The fourth-order valence-corrected chi connectivity index (χ4v) is 2.94. The lowest BCUT2D eigenvalue weighted by atomic mass is 9.85. The molecule has 0 saturated heterocycles. The van der Waals surface area contributed by atoms with Gasteiger partial charge in [-0.25, -0.2) is 4.79 Å². The highest BCUT2D eigenvalue weighted by molar-refractivity contribution is 5.89. The van der Waals surface area contributed by atoms with E-state index in [9.17, 15) is 14.7 Å². The number of benzene rings is 1. The molecule has 26 heavy (non-hydrogen) atoms. The minimum atomic E-state index is -0.935. The van der Waals surface area contributed by atoms with Crippen molar-refractivity contribution in [2.45, 2.75) is 57.8 Å². The maximum Gasteiger partial charge on any atom is 0.337 e. The number of esters is 2. The van der Waals surface area contributed by atoms with Gasteiger partial charge in [-0.1, -0.05) is 12.2 Å². The summed E-state index contributed by atoms with van der Waals surface area (Å²) in [6, 6.07) is 5.07. The van der Waals surface area contributed by atoms with Gasteiger partial charge in [-0.3, -0.25) is 4.79 Å². The number of aliphatic hydroxyl groups is 1. The summed E-state index contributed by atoms with van der Waals surface area (Å²) in [5, 5.41) is 9.85. The van der Waals surface area contributed by atoms with Crippen molar-refractivity contribution < 1.29 is 28.9 Å². The molecular weight excluding hydrogens is 336 g/mol. The summed E-state index contributed by atoms with van der Waals surface area (Å²) in [4.78, 5) is 23.3. The topological polar surface area (TPSA) is 82.1 Å². The molecule has 0 radical (unpaired) electrons. The second-order valence-electron chi connectivity index (χ2n) is 7.29. The summed E-state index contributed by atoms with van der Waals surface area (Å²) in [5.41, 5.74) is -0.521. The predicted octanol–water partition coefficient (Wildman–Crippen LogP) is 2.82. The first kappa shape index (κ1) is 20.0. The van der Waals surface area contributed by atoms with Crippen LogP contribution in [0.3, 0.4) is 0 Å². The fourth-order valence-electron chi connectivity index (χ4n) is 2.94. The van der Waals surface area contributed by atoms with Crippen molar-refractivity contribution in [2.75, 3.05) is 7.11 Å². The van der Waals surface area contributed by atoms with Crippen LogP contribution >= 0.6 is 0 Å². The summed E-state index contributed by atoms with van der Waals surface area (Å²) in [6.45, 7) is 6.58. The van der Waals surface area contributed by atoms with Crippen LogP contribution in [0.15, 0.2) is 30.4 Å². The van der Waals surface area contributed by atoms with Gasteiger partial charge in [0.15, 0.2) is 0 Å². The van der Waals surface area contributed by atoms with E-state index in [0.717, 1.165) is 5.56 Å². The molecule has 0 saturated carbocycles. The molecule has 6 nitrogen and oxygen atoms in total. The Morgan fingerprint density at radius 2 is 2.12 bits per heavy atom. The minimum absolute atomic E-state index is 0.399. The van der Waals surface area contributed by atoms with Gasteiger partial charge in [0.2, 0.25) is 0 Å². The number of fused-ring (bicyclic) bond motifs is 1. The van der Waals surface area contributed by atoms with Gasteiger partial charge in [0, 0.05) is 19.8 Å². The third-order valence-corrected chi connectivity index (χ3v) is 4.27. The van der Waals surface area contributed by atoms with Gasteiger partial charge in [0.1, 0.15) is 17.5 Å².